The molecule has 20 heavy (non-hydrogen) atoms. The predicted octanol–water partition coefficient (Wildman–Crippen LogP) is 4.47. The highest BCUT2D eigenvalue weighted by Crippen LogP contribution is 2.31. The van der Waals surface area contributed by atoms with Crippen LogP contribution in [0.4, 0.5) is 4.39 Å². The number of nitrogens with two attached hydrogens (primary N) is 1. The number of benzene rings is 2. The number of para-hydroxylation sites is 1. The molecule has 0 aliphatic carbocycles. The molecule has 2 rings (SSSR count). The lowest BCUT2D eigenvalue weighted by molar-refractivity contribution is 0.434. The molecule has 106 valence electrons. The molecule has 0 aliphatic heterocycles. The van der Waals surface area contributed by atoms with Gasteiger partial charge in [0.25, 0.3) is 0 Å². The molecule has 0 spiro atoms. The molecule has 0 aromatic heterocycles. The Morgan fingerprint density at radius 1 is 1.30 bits per heavy atom. The Morgan fingerprint density at radius 3 is 2.70 bits per heavy atom. The second kappa shape index (κ2) is 6.25. The Morgan fingerprint density at radius 2 is 2.05 bits per heavy atom. The van der Waals surface area contributed by atoms with Crippen molar-refractivity contribution in [3.63, 3.8) is 0 Å². The van der Waals surface area contributed by atoms with Crippen molar-refractivity contribution < 1.29 is 9.13 Å². The fourth-order valence-electron chi connectivity index (χ4n) is 1.97. The third-order valence-corrected chi connectivity index (χ3v) is 3.36. The van der Waals surface area contributed by atoms with Gasteiger partial charge in [0.05, 0.1) is 0 Å². The Balaban J connectivity index is 2.34. The summed E-state index contributed by atoms with van der Waals surface area (Å²) in [7, 11) is 0. The molecule has 1 atom stereocenters. The van der Waals surface area contributed by atoms with Crippen molar-refractivity contribution in [1.29, 1.82) is 0 Å². The van der Waals surface area contributed by atoms with Crippen LogP contribution in [0, 0.1) is 12.7 Å². The first-order valence-corrected chi connectivity index (χ1v) is 6.82. The molecule has 2 nitrogen and oxygen atoms in total. The summed E-state index contributed by atoms with van der Waals surface area (Å²) >= 11 is 5.97. The van der Waals surface area contributed by atoms with Crippen LogP contribution < -0.4 is 10.5 Å². The number of hydrogen-bond donors (Lipinski definition) is 1. The quantitative estimate of drug-likeness (QED) is 0.902. The van der Waals surface area contributed by atoms with Gasteiger partial charge in [-0.05, 0) is 55.7 Å². The van der Waals surface area contributed by atoms with Crippen LogP contribution >= 0.6 is 11.6 Å². The fraction of sp³-hybridized carbons (Fsp3) is 0.250. The third kappa shape index (κ3) is 3.50. The normalized spacial score (nSPS) is 12.2. The molecule has 0 fully saturated rings. The van der Waals surface area contributed by atoms with E-state index in [1.807, 2.05) is 19.9 Å². The van der Waals surface area contributed by atoms with Crippen LogP contribution in [-0.2, 0) is 6.42 Å². The molecule has 2 N–H and O–H groups in total. The number of aryl methyl sites for hydroxylation is 1. The molecular formula is C16H17ClFNO. The topological polar surface area (TPSA) is 35.2 Å². The molecule has 1 unspecified atom stereocenters. The van der Waals surface area contributed by atoms with Gasteiger partial charge in [0, 0.05) is 11.1 Å². The van der Waals surface area contributed by atoms with E-state index in [0.717, 1.165) is 11.1 Å². The van der Waals surface area contributed by atoms with Crippen LogP contribution in [0.5, 0.6) is 11.5 Å². The smallest absolute Gasteiger partial charge is 0.166 e. The van der Waals surface area contributed by atoms with Gasteiger partial charge in [0.2, 0.25) is 0 Å². The first kappa shape index (κ1) is 14.8. The average molecular weight is 294 g/mol. The Labute approximate surface area is 123 Å². The van der Waals surface area contributed by atoms with E-state index in [1.54, 1.807) is 24.3 Å². The fourth-order valence-corrected chi connectivity index (χ4v) is 2.09. The molecule has 0 saturated heterocycles. The van der Waals surface area contributed by atoms with Crippen molar-refractivity contribution in [2.75, 3.05) is 0 Å². The Bertz CT molecular complexity index is 613. The number of halogens is 2. The summed E-state index contributed by atoms with van der Waals surface area (Å²) in [6.07, 6.45) is 0.555. The maximum Gasteiger partial charge on any atom is 0.166 e. The van der Waals surface area contributed by atoms with E-state index in [0.29, 0.717) is 17.2 Å². The minimum Gasteiger partial charge on any atom is -0.454 e. The van der Waals surface area contributed by atoms with E-state index < -0.39 is 5.82 Å². The molecule has 2 aromatic carbocycles. The van der Waals surface area contributed by atoms with Crippen LogP contribution in [-0.4, -0.2) is 6.04 Å². The first-order chi connectivity index (χ1) is 9.47. The van der Waals surface area contributed by atoms with Gasteiger partial charge in [-0.15, -0.1) is 0 Å². The summed E-state index contributed by atoms with van der Waals surface area (Å²) in [5.74, 6) is 0.394. The van der Waals surface area contributed by atoms with Crippen molar-refractivity contribution in [3.05, 3.63) is 58.4 Å². The minimum absolute atomic E-state index is 0.0638. The molecule has 0 bridgehead atoms. The molecule has 4 heteroatoms. The molecule has 2 aromatic rings. The molecular weight excluding hydrogens is 277 g/mol. The summed E-state index contributed by atoms with van der Waals surface area (Å²) in [6, 6.07) is 10.0. The van der Waals surface area contributed by atoms with Gasteiger partial charge in [-0.1, -0.05) is 23.7 Å². The Kier molecular flexibility index (Phi) is 4.63. The third-order valence-electron chi connectivity index (χ3n) is 2.94. The largest absolute Gasteiger partial charge is 0.454 e. The average Bonchev–Trinajstić information content (AvgIpc) is 2.37. The highest BCUT2D eigenvalue weighted by Gasteiger charge is 2.12. The van der Waals surface area contributed by atoms with Crippen LogP contribution in [0.25, 0.3) is 0 Å². The van der Waals surface area contributed by atoms with Gasteiger partial charge in [-0.2, -0.15) is 0 Å². The predicted molar refractivity (Wildman–Crippen MR) is 80.0 cm³/mol. The zero-order chi connectivity index (χ0) is 14.7. The van der Waals surface area contributed by atoms with Crippen molar-refractivity contribution in [2.24, 2.45) is 5.73 Å². The second-order valence-corrected chi connectivity index (χ2v) is 5.33. The van der Waals surface area contributed by atoms with Crippen LogP contribution in [0.15, 0.2) is 36.4 Å². The van der Waals surface area contributed by atoms with Gasteiger partial charge >= 0.3 is 0 Å². The van der Waals surface area contributed by atoms with Crippen molar-refractivity contribution in [3.8, 4) is 11.5 Å². The van der Waals surface area contributed by atoms with E-state index >= 15 is 0 Å². The summed E-state index contributed by atoms with van der Waals surface area (Å²) in [5.41, 5.74) is 7.43. The highest BCUT2D eigenvalue weighted by atomic mass is 35.5. The van der Waals surface area contributed by atoms with Gasteiger partial charge in [-0.3, -0.25) is 0 Å². The van der Waals surface area contributed by atoms with Crippen LogP contribution in [0.1, 0.15) is 18.1 Å². The maximum absolute atomic E-state index is 14.0. The number of rotatable bonds is 4. The van der Waals surface area contributed by atoms with Crippen molar-refractivity contribution in [1.82, 2.24) is 0 Å². The van der Waals surface area contributed by atoms with E-state index in [2.05, 4.69) is 0 Å². The second-order valence-electron chi connectivity index (χ2n) is 4.92. The molecule has 0 saturated carbocycles. The van der Waals surface area contributed by atoms with E-state index in [4.69, 9.17) is 22.1 Å². The lowest BCUT2D eigenvalue weighted by Gasteiger charge is -2.14. The van der Waals surface area contributed by atoms with E-state index in [9.17, 15) is 4.39 Å². The van der Waals surface area contributed by atoms with E-state index in [1.165, 1.54) is 6.07 Å². The zero-order valence-electron chi connectivity index (χ0n) is 11.5. The summed E-state index contributed by atoms with van der Waals surface area (Å²) in [6.45, 7) is 3.75. The maximum atomic E-state index is 14.0. The van der Waals surface area contributed by atoms with Gasteiger partial charge in [0.1, 0.15) is 5.75 Å². The monoisotopic (exact) mass is 293 g/mol. The minimum atomic E-state index is -0.393. The van der Waals surface area contributed by atoms with Crippen LogP contribution in [0.3, 0.4) is 0 Å². The van der Waals surface area contributed by atoms with Gasteiger partial charge in [0.15, 0.2) is 11.6 Å². The van der Waals surface area contributed by atoms with Gasteiger partial charge < -0.3 is 10.5 Å². The Hall–Kier alpha value is -1.58. The van der Waals surface area contributed by atoms with Gasteiger partial charge in [-0.25, -0.2) is 4.39 Å². The summed E-state index contributed by atoms with van der Waals surface area (Å²) in [5, 5.41) is 0.654. The number of hydrogen-bond acceptors (Lipinski definition) is 2. The molecule has 0 aliphatic rings. The standard InChI is InChI=1S/C16H17ClFNO/c1-10-8-13(6-7-14(10)17)20-16-12(9-11(2)19)4-3-5-15(16)18/h3-8,11H,9,19H2,1-2H3. The molecule has 0 amide bonds. The number of ether oxygens (including phenoxy) is 1. The zero-order valence-corrected chi connectivity index (χ0v) is 12.2. The van der Waals surface area contributed by atoms with Crippen LogP contribution in [0.2, 0.25) is 5.02 Å². The SMILES string of the molecule is Cc1cc(Oc2c(F)cccc2CC(C)N)ccc1Cl. The summed E-state index contributed by atoms with van der Waals surface area (Å²) < 4.78 is 19.7. The lowest BCUT2D eigenvalue weighted by Crippen LogP contribution is -2.18. The van der Waals surface area contributed by atoms with Crippen molar-refractivity contribution >= 4 is 11.6 Å². The van der Waals surface area contributed by atoms with Crippen molar-refractivity contribution in [2.45, 2.75) is 26.3 Å². The highest BCUT2D eigenvalue weighted by molar-refractivity contribution is 6.31. The molecule has 0 heterocycles. The summed E-state index contributed by atoms with van der Waals surface area (Å²) in [4.78, 5) is 0. The van der Waals surface area contributed by atoms with E-state index in [-0.39, 0.29) is 11.8 Å². The first-order valence-electron chi connectivity index (χ1n) is 6.44. The molecule has 0 radical (unpaired) electrons. The lowest BCUT2D eigenvalue weighted by atomic mass is 10.1.